The number of carbonyl (C=O) groups excluding carboxylic acids is 1. The maximum Gasteiger partial charge on any atom is 0.274 e. The summed E-state index contributed by atoms with van der Waals surface area (Å²) in [6, 6.07) is 10.2. The number of benzene rings is 1. The number of rotatable bonds is 4. The summed E-state index contributed by atoms with van der Waals surface area (Å²) in [5, 5.41) is 2.75. The van der Waals surface area contributed by atoms with Gasteiger partial charge in [-0.3, -0.25) is 9.79 Å². The number of anilines is 1. The zero-order valence-corrected chi connectivity index (χ0v) is 14.7. The van der Waals surface area contributed by atoms with E-state index in [-0.39, 0.29) is 18.2 Å². The van der Waals surface area contributed by atoms with E-state index in [4.69, 9.17) is 10.5 Å². The van der Waals surface area contributed by atoms with Gasteiger partial charge < -0.3 is 15.8 Å². The van der Waals surface area contributed by atoms with Crippen molar-refractivity contribution in [2.75, 3.05) is 18.6 Å². The van der Waals surface area contributed by atoms with Crippen LogP contribution < -0.4 is 11.1 Å². The Balaban J connectivity index is 1.83. The quantitative estimate of drug-likeness (QED) is 0.816. The first-order chi connectivity index (χ1) is 12.0. The third kappa shape index (κ3) is 3.92. The van der Waals surface area contributed by atoms with E-state index < -0.39 is 18.4 Å². The lowest BCUT2D eigenvalue weighted by molar-refractivity contribution is 0.0377. The highest BCUT2D eigenvalue weighted by molar-refractivity contribution is 9.10. The molecule has 0 fully saturated rings. The monoisotopic (exact) mass is 406 g/mol. The topological polar surface area (TPSA) is 89.6 Å². The van der Waals surface area contributed by atoms with Gasteiger partial charge in [0.25, 0.3) is 5.91 Å². The Morgan fingerprint density at radius 2 is 2.28 bits per heavy atom. The summed E-state index contributed by atoms with van der Waals surface area (Å²) in [5.74, 6) is -0.357. The van der Waals surface area contributed by atoms with E-state index in [0.717, 1.165) is 4.47 Å². The molecule has 130 valence electrons. The molecule has 25 heavy (non-hydrogen) atoms. The van der Waals surface area contributed by atoms with Crippen LogP contribution in [0.15, 0.2) is 52.1 Å². The number of aliphatic imine (C=N–C) groups is 1. The lowest BCUT2D eigenvalue weighted by Crippen LogP contribution is -2.42. The minimum absolute atomic E-state index is 0.0346. The molecule has 3 rings (SSSR count). The van der Waals surface area contributed by atoms with Crippen molar-refractivity contribution in [1.29, 1.82) is 0 Å². The van der Waals surface area contributed by atoms with Crippen molar-refractivity contribution in [2.45, 2.75) is 11.8 Å². The van der Waals surface area contributed by atoms with Crippen LogP contribution in [-0.2, 0) is 10.3 Å². The van der Waals surface area contributed by atoms with Gasteiger partial charge in [0.05, 0.1) is 6.61 Å². The highest BCUT2D eigenvalue weighted by Gasteiger charge is 2.35. The van der Waals surface area contributed by atoms with Gasteiger partial charge in [-0.1, -0.05) is 12.1 Å². The Bertz CT molecular complexity index is 799. The molecular formula is C17H16BrFN4O2. The van der Waals surface area contributed by atoms with Gasteiger partial charge >= 0.3 is 0 Å². The first-order valence-corrected chi connectivity index (χ1v) is 8.34. The molecule has 1 aliphatic rings. The van der Waals surface area contributed by atoms with Gasteiger partial charge in [-0.15, -0.1) is 0 Å². The molecule has 1 aromatic carbocycles. The summed E-state index contributed by atoms with van der Waals surface area (Å²) in [6.07, 6.45) is 2.30. The number of halogens is 2. The Kier molecular flexibility index (Phi) is 5.22. The standard InChI is InChI=1S/C17H16BrFN4O2/c18-12-4-5-14(21-7-12)16(24)23-13-3-1-2-11(6-13)17(9-19)10-25-15(20)8-22-17/h1-8,15H,9-10,20H2,(H,23,24)/t15?,17-/m0/s1. The highest BCUT2D eigenvalue weighted by atomic mass is 79.9. The van der Waals surface area contributed by atoms with Crippen LogP contribution in [0.3, 0.4) is 0 Å². The molecule has 1 aromatic heterocycles. The normalized spacial score (nSPS) is 22.6. The average molecular weight is 407 g/mol. The molecule has 1 amide bonds. The Labute approximate surface area is 152 Å². The third-order valence-corrected chi connectivity index (χ3v) is 4.29. The highest BCUT2D eigenvalue weighted by Crippen LogP contribution is 2.31. The van der Waals surface area contributed by atoms with E-state index in [0.29, 0.717) is 11.3 Å². The van der Waals surface area contributed by atoms with Crippen LogP contribution in [0, 0.1) is 0 Å². The summed E-state index contributed by atoms with van der Waals surface area (Å²) in [6.45, 7) is -0.700. The van der Waals surface area contributed by atoms with E-state index in [1.807, 2.05) is 0 Å². The molecule has 8 heteroatoms. The zero-order chi connectivity index (χ0) is 17.9. The van der Waals surface area contributed by atoms with Crippen LogP contribution in [0.5, 0.6) is 0 Å². The molecule has 0 bridgehead atoms. The molecule has 0 aliphatic carbocycles. The number of ether oxygens (including phenoxy) is 1. The van der Waals surface area contributed by atoms with Gasteiger partial charge in [-0.2, -0.15) is 0 Å². The van der Waals surface area contributed by atoms with Crippen molar-refractivity contribution in [3.8, 4) is 0 Å². The van der Waals surface area contributed by atoms with E-state index in [9.17, 15) is 9.18 Å². The van der Waals surface area contributed by atoms with E-state index >= 15 is 0 Å². The number of carbonyl (C=O) groups is 1. The minimum atomic E-state index is -1.15. The van der Waals surface area contributed by atoms with Gasteiger partial charge in [0, 0.05) is 22.6 Å². The van der Waals surface area contributed by atoms with Gasteiger partial charge in [-0.25, -0.2) is 9.37 Å². The van der Waals surface area contributed by atoms with Crippen LogP contribution in [0.25, 0.3) is 0 Å². The number of nitrogens with zero attached hydrogens (tertiary/aromatic N) is 2. The predicted molar refractivity (Wildman–Crippen MR) is 96.4 cm³/mol. The number of nitrogens with one attached hydrogen (secondary N) is 1. The number of hydrogen-bond acceptors (Lipinski definition) is 5. The third-order valence-electron chi connectivity index (χ3n) is 3.82. The first kappa shape index (κ1) is 17.7. The molecule has 6 nitrogen and oxygen atoms in total. The molecule has 3 N–H and O–H groups in total. The van der Waals surface area contributed by atoms with Crippen molar-refractivity contribution in [2.24, 2.45) is 10.7 Å². The van der Waals surface area contributed by atoms with Gasteiger partial charge in [0.2, 0.25) is 0 Å². The lowest BCUT2D eigenvalue weighted by Gasteiger charge is -2.32. The Morgan fingerprint density at radius 1 is 1.44 bits per heavy atom. The molecule has 1 aliphatic heterocycles. The van der Waals surface area contributed by atoms with Gasteiger partial charge in [-0.05, 0) is 45.8 Å². The summed E-state index contributed by atoms with van der Waals surface area (Å²) in [5.41, 5.74) is 5.84. The molecule has 0 spiro atoms. The fraction of sp³-hybridized carbons (Fsp3) is 0.235. The largest absolute Gasteiger partial charge is 0.355 e. The van der Waals surface area contributed by atoms with E-state index in [1.54, 1.807) is 42.6 Å². The van der Waals surface area contributed by atoms with Crippen LogP contribution >= 0.6 is 15.9 Å². The number of alkyl halides is 1. The van der Waals surface area contributed by atoms with Crippen molar-refractivity contribution < 1.29 is 13.9 Å². The smallest absolute Gasteiger partial charge is 0.274 e. The van der Waals surface area contributed by atoms with Crippen molar-refractivity contribution in [3.05, 3.63) is 58.3 Å². The minimum Gasteiger partial charge on any atom is -0.355 e. The summed E-state index contributed by atoms with van der Waals surface area (Å²) < 4.78 is 19.8. The van der Waals surface area contributed by atoms with Crippen LogP contribution in [0.2, 0.25) is 0 Å². The Hall–Kier alpha value is -2.16. The lowest BCUT2D eigenvalue weighted by atomic mass is 9.91. The molecule has 2 atom stereocenters. The number of aromatic nitrogens is 1. The van der Waals surface area contributed by atoms with Gasteiger partial charge in [0.15, 0.2) is 0 Å². The molecule has 1 unspecified atom stereocenters. The maximum atomic E-state index is 13.7. The van der Waals surface area contributed by atoms with Crippen LogP contribution in [-0.4, -0.2) is 36.6 Å². The second-order valence-corrected chi connectivity index (χ2v) is 6.53. The molecular weight excluding hydrogens is 391 g/mol. The second-order valence-electron chi connectivity index (χ2n) is 5.62. The van der Waals surface area contributed by atoms with Crippen molar-refractivity contribution in [1.82, 2.24) is 4.98 Å². The zero-order valence-electron chi connectivity index (χ0n) is 13.2. The van der Waals surface area contributed by atoms with Crippen molar-refractivity contribution >= 4 is 33.7 Å². The first-order valence-electron chi connectivity index (χ1n) is 7.54. The van der Waals surface area contributed by atoms with E-state index in [2.05, 4.69) is 31.2 Å². The fourth-order valence-electron chi connectivity index (χ4n) is 2.43. The Morgan fingerprint density at radius 3 is 2.92 bits per heavy atom. The number of nitrogens with two attached hydrogens (primary N) is 1. The number of hydrogen-bond donors (Lipinski definition) is 2. The molecule has 2 heterocycles. The van der Waals surface area contributed by atoms with E-state index in [1.165, 1.54) is 6.21 Å². The maximum absolute atomic E-state index is 13.7. The SMILES string of the molecule is NC1C=N[C@](CF)(c2cccc(NC(=O)c3ccc(Br)cn3)c2)CO1. The molecule has 0 saturated heterocycles. The summed E-state index contributed by atoms with van der Waals surface area (Å²) >= 11 is 3.27. The number of pyridine rings is 1. The van der Waals surface area contributed by atoms with Crippen molar-refractivity contribution in [3.63, 3.8) is 0 Å². The summed E-state index contributed by atoms with van der Waals surface area (Å²) in [4.78, 5) is 20.6. The van der Waals surface area contributed by atoms with Gasteiger partial charge in [0.1, 0.15) is 24.1 Å². The second kappa shape index (κ2) is 7.38. The molecule has 0 radical (unpaired) electrons. The fourth-order valence-corrected chi connectivity index (χ4v) is 2.66. The van der Waals surface area contributed by atoms with Crippen LogP contribution in [0.1, 0.15) is 16.1 Å². The molecule has 2 aromatic rings. The molecule has 0 saturated carbocycles. The summed E-state index contributed by atoms with van der Waals surface area (Å²) in [7, 11) is 0. The van der Waals surface area contributed by atoms with Crippen LogP contribution in [0.4, 0.5) is 10.1 Å². The number of amides is 1. The average Bonchev–Trinajstić information content (AvgIpc) is 2.63. The predicted octanol–water partition coefficient (Wildman–Crippen LogP) is 2.65.